The van der Waals surface area contributed by atoms with Crippen LogP contribution in [0.5, 0.6) is 0 Å². The maximum atomic E-state index is 4.73. The number of benzene rings is 1. The first kappa shape index (κ1) is 15.9. The lowest BCUT2D eigenvalue weighted by Crippen LogP contribution is -2.46. The summed E-state index contributed by atoms with van der Waals surface area (Å²) in [5.74, 6) is 0.917. The van der Waals surface area contributed by atoms with Crippen LogP contribution < -0.4 is 4.90 Å². The molecule has 23 heavy (non-hydrogen) atoms. The summed E-state index contributed by atoms with van der Waals surface area (Å²) < 4.78 is 0. The van der Waals surface area contributed by atoms with Crippen LogP contribution in [0.25, 0.3) is 0 Å². The molecule has 1 aromatic carbocycles. The first-order valence-corrected chi connectivity index (χ1v) is 8.66. The minimum Gasteiger partial charge on any atom is -0.338 e. The van der Waals surface area contributed by atoms with Gasteiger partial charge in [-0.05, 0) is 24.5 Å². The molecule has 4 heteroatoms. The molecule has 1 saturated heterocycles. The van der Waals surface area contributed by atoms with Crippen LogP contribution in [-0.2, 0) is 19.4 Å². The zero-order valence-electron chi connectivity index (χ0n) is 14.2. The molecule has 0 saturated carbocycles. The van der Waals surface area contributed by atoms with E-state index in [-0.39, 0.29) is 0 Å². The molecule has 1 fully saturated rings. The van der Waals surface area contributed by atoms with Crippen molar-refractivity contribution in [2.24, 2.45) is 0 Å². The fourth-order valence-electron chi connectivity index (χ4n) is 2.99. The van der Waals surface area contributed by atoms with Gasteiger partial charge in [0.15, 0.2) is 0 Å². The van der Waals surface area contributed by atoms with Crippen LogP contribution in [0.1, 0.15) is 30.8 Å². The van der Waals surface area contributed by atoms with Crippen molar-refractivity contribution in [3.63, 3.8) is 0 Å². The van der Waals surface area contributed by atoms with Gasteiger partial charge in [-0.3, -0.25) is 4.90 Å². The van der Waals surface area contributed by atoms with Crippen molar-refractivity contribution in [3.8, 4) is 0 Å². The Balaban J connectivity index is 1.62. The van der Waals surface area contributed by atoms with Gasteiger partial charge in [0.05, 0.1) is 0 Å². The third kappa shape index (κ3) is 4.08. The van der Waals surface area contributed by atoms with E-state index in [4.69, 9.17) is 9.97 Å². The fourth-order valence-corrected chi connectivity index (χ4v) is 2.99. The number of hydrogen-bond acceptors (Lipinski definition) is 4. The molecule has 1 aliphatic rings. The summed E-state index contributed by atoms with van der Waals surface area (Å²) in [7, 11) is 0. The standard InChI is InChI=1S/C19H26N4/c1-3-17-14-18(4-2)21-19(20-17)23-12-10-22(11-13-23)15-16-8-6-5-7-9-16/h5-9,14H,3-4,10-13,15H2,1-2H3. The lowest BCUT2D eigenvalue weighted by molar-refractivity contribution is 0.248. The molecule has 0 atom stereocenters. The van der Waals surface area contributed by atoms with E-state index < -0.39 is 0 Å². The van der Waals surface area contributed by atoms with Gasteiger partial charge in [0.25, 0.3) is 0 Å². The highest BCUT2D eigenvalue weighted by molar-refractivity contribution is 5.33. The minimum atomic E-state index is 0.917. The van der Waals surface area contributed by atoms with Crippen molar-refractivity contribution in [2.45, 2.75) is 33.2 Å². The van der Waals surface area contributed by atoms with E-state index in [0.717, 1.165) is 62.9 Å². The van der Waals surface area contributed by atoms with Gasteiger partial charge in [0, 0.05) is 44.1 Å². The molecule has 0 N–H and O–H groups in total. The van der Waals surface area contributed by atoms with E-state index in [1.165, 1.54) is 5.56 Å². The second kappa shape index (κ2) is 7.55. The molecule has 0 amide bonds. The summed E-state index contributed by atoms with van der Waals surface area (Å²) >= 11 is 0. The molecule has 4 nitrogen and oxygen atoms in total. The molecule has 0 radical (unpaired) electrons. The van der Waals surface area contributed by atoms with Crippen LogP contribution in [0, 0.1) is 0 Å². The lowest BCUT2D eigenvalue weighted by Gasteiger charge is -2.35. The molecule has 2 heterocycles. The number of anilines is 1. The zero-order valence-corrected chi connectivity index (χ0v) is 14.2. The van der Waals surface area contributed by atoms with Crippen LogP contribution >= 0.6 is 0 Å². The van der Waals surface area contributed by atoms with Crippen molar-refractivity contribution in [3.05, 3.63) is 53.3 Å². The summed E-state index contributed by atoms with van der Waals surface area (Å²) in [6.45, 7) is 9.48. The van der Waals surface area contributed by atoms with Crippen LogP contribution in [0.4, 0.5) is 5.95 Å². The highest BCUT2D eigenvalue weighted by Crippen LogP contribution is 2.15. The Hall–Kier alpha value is -1.94. The summed E-state index contributed by atoms with van der Waals surface area (Å²) in [4.78, 5) is 14.3. The number of rotatable bonds is 5. The second-order valence-electron chi connectivity index (χ2n) is 6.11. The van der Waals surface area contributed by atoms with Gasteiger partial charge in [0.1, 0.15) is 0 Å². The van der Waals surface area contributed by atoms with E-state index in [1.807, 2.05) is 0 Å². The largest absolute Gasteiger partial charge is 0.338 e. The smallest absolute Gasteiger partial charge is 0.225 e. The molecular weight excluding hydrogens is 284 g/mol. The summed E-state index contributed by atoms with van der Waals surface area (Å²) in [5, 5.41) is 0. The number of nitrogens with zero attached hydrogens (tertiary/aromatic N) is 4. The first-order valence-electron chi connectivity index (χ1n) is 8.66. The molecule has 2 aromatic rings. The van der Waals surface area contributed by atoms with Gasteiger partial charge < -0.3 is 4.90 Å². The van der Waals surface area contributed by atoms with Crippen LogP contribution in [0.2, 0.25) is 0 Å². The Morgan fingerprint density at radius 1 is 0.870 bits per heavy atom. The highest BCUT2D eigenvalue weighted by Gasteiger charge is 2.19. The van der Waals surface area contributed by atoms with Gasteiger partial charge in [-0.25, -0.2) is 9.97 Å². The number of aryl methyl sites for hydroxylation is 2. The Bertz CT molecular complexity index is 596. The topological polar surface area (TPSA) is 32.3 Å². The average molecular weight is 310 g/mol. The second-order valence-corrected chi connectivity index (χ2v) is 6.11. The van der Waals surface area contributed by atoms with Crippen molar-refractivity contribution >= 4 is 5.95 Å². The fraction of sp³-hybridized carbons (Fsp3) is 0.474. The van der Waals surface area contributed by atoms with Crippen LogP contribution in [0.15, 0.2) is 36.4 Å². The van der Waals surface area contributed by atoms with Crippen molar-refractivity contribution in [1.82, 2.24) is 14.9 Å². The average Bonchev–Trinajstić information content (AvgIpc) is 2.62. The molecule has 122 valence electrons. The Morgan fingerprint density at radius 3 is 2.04 bits per heavy atom. The molecule has 1 aliphatic heterocycles. The minimum absolute atomic E-state index is 0.917. The maximum Gasteiger partial charge on any atom is 0.225 e. The third-order valence-corrected chi connectivity index (χ3v) is 4.45. The zero-order chi connectivity index (χ0) is 16.1. The molecule has 0 bridgehead atoms. The quantitative estimate of drug-likeness (QED) is 0.850. The predicted molar refractivity (Wildman–Crippen MR) is 94.7 cm³/mol. The van der Waals surface area contributed by atoms with Crippen molar-refractivity contribution < 1.29 is 0 Å². The van der Waals surface area contributed by atoms with Crippen LogP contribution in [-0.4, -0.2) is 41.0 Å². The molecule has 0 spiro atoms. The Labute approximate surface area is 139 Å². The predicted octanol–water partition coefficient (Wildman–Crippen LogP) is 2.92. The summed E-state index contributed by atoms with van der Waals surface area (Å²) in [6, 6.07) is 12.8. The van der Waals surface area contributed by atoms with Gasteiger partial charge in [-0.15, -0.1) is 0 Å². The van der Waals surface area contributed by atoms with E-state index in [2.05, 4.69) is 60.0 Å². The van der Waals surface area contributed by atoms with Crippen molar-refractivity contribution in [1.29, 1.82) is 0 Å². The van der Waals surface area contributed by atoms with E-state index in [1.54, 1.807) is 0 Å². The Morgan fingerprint density at radius 2 is 1.48 bits per heavy atom. The van der Waals surface area contributed by atoms with Gasteiger partial charge in [-0.1, -0.05) is 44.2 Å². The molecule has 3 rings (SSSR count). The monoisotopic (exact) mass is 310 g/mol. The van der Waals surface area contributed by atoms with Crippen molar-refractivity contribution in [2.75, 3.05) is 31.1 Å². The molecule has 1 aromatic heterocycles. The summed E-state index contributed by atoms with van der Waals surface area (Å²) in [6.07, 6.45) is 1.94. The van der Waals surface area contributed by atoms with Gasteiger partial charge >= 0.3 is 0 Å². The highest BCUT2D eigenvalue weighted by atomic mass is 15.3. The third-order valence-electron chi connectivity index (χ3n) is 4.45. The SMILES string of the molecule is CCc1cc(CC)nc(N2CCN(Cc3ccccc3)CC2)n1. The van der Waals surface area contributed by atoms with E-state index in [0.29, 0.717) is 0 Å². The lowest BCUT2D eigenvalue weighted by atomic mass is 10.2. The Kier molecular flexibility index (Phi) is 5.23. The van der Waals surface area contributed by atoms with Crippen LogP contribution in [0.3, 0.4) is 0 Å². The normalized spacial score (nSPS) is 15.8. The van der Waals surface area contributed by atoms with Gasteiger partial charge in [-0.2, -0.15) is 0 Å². The number of hydrogen-bond donors (Lipinski definition) is 0. The molecule has 0 aliphatic carbocycles. The van der Waals surface area contributed by atoms with E-state index >= 15 is 0 Å². The number of aromatic nitrogens is 2. The molecular formula is C19H26N4. The maximum absolute atomic E-state index is 4.73. The number of piperazine rings is 1. The summed E-state index contributed by atoms with van der Waals surface area (Å²) in [5.41, 5.74) is 3.69. The molecule has 0 unspecified atom stereocenters. The first-order chi connectivity index (χ1) is 11.3. The van der Waals surface area contributed by atoms with Gasteiger partial charge in [0.2, 0.25) is 5.95 Å². The van der Waals surface area contributed by atoms with E-state index in [9.17, 15) is 0 Å².